The van der Waals surface area contributed by atoms with Gasteiger partial charge in [0.15, 0.2) is 23.0 Å². The SMILES string of the molecule is COc1cc(OC)c(C2CC(c3ccc4c(c3)OCO4)Nc3nnnn32)cc1OC. The second-order valence-corrected chi connectivity index (χ2v) is 6.96. The Kier molecular flexibility index (Phi) is 4.46. The van der Waals surface area contributed by atoms with Gasteiger partial charge in [0.25, 0.3) is 0 Å². The average Bonchev–Trinajstić information content (AvgIpc) is 3.46. The van der Waals surface area contributed by atoms with Gasteiger partial charge in [0.05, 0.1) is 33.4 Å². The van der Waals surface area contributed by atoms with Crippen LogP contribution in [0.15, 0.2) is 30.3 Å². The Morgan fingerprint density at radius 2 is 1.73 bits per heavy atom. The molecule has 0 radical (unpaired) electrons. The van der Waals surface area contributed by atoms with Crippen LogP contribution in [0.3, 0.4) is 0 Å². The minimum absolute atomic E-state index is 0.0409. The van der Waals surface area contributed by atoms with Gasteiger partial charge in [0.2, 0.25) is 12.7 Å². The zero-order chi connectivity index (χ0) is 20.7. The summed E-state index contributed by atoms with van der Waals surface area (Å²) in [5.74, 6) is 3.94. The smallest absolute Gasteiger partial charge is 0.243 e. The van der Waals surface area contributed by atoms with E-state index >= 15 is 0 Å². The maximum Gasteiger partial charge on any atom is 0.243 e. The summed E-state index contributed by atoms with van der Waals surface area (Å²) in [5.41, 5.74) is 1.95. The van der Waals surface area contributed by atoms with Gasteiger partial charge in [-0.15, -0.1) is 0 Å². The van der Waals surface area contributed by atoms with Crippen LogP contribution in [-0.2, 0) is 0 Å². The van der Waals surface area contributed by atoms with Gasteiger partial charge < -0.3 is 29.0 Å². The molecule has 30 heavy (non-hydrogen) atoms. The third-order valence-electron chi connectivity index (χ3n) is 5.44. The van der Waals surface area contributed by atoms with Crippen LogP contribution < -0.4 is 29.0 Å². The van der Waals surface area contributed by atoms with Crippen molar-refractivity contribution in [2.75, 3.05) is 33.4 Å². The van der Waals surface area contributed by atoms with Crippen LogP contribution in [0.4, 0.5) is 5.95 Å². The third kappa shape index (κ3) is 2.92. The molecular weight excluding hydrogens is 390 g/mol. The summed E-state index contributed by atoms with van der Waals surface area (Å²) in [6.07, 6.45) is 0.684. The fraction of sp³-hybridized carbons (Fsp3) is 0.350. The number of nitrogens with zero attached hydrogens (tertiary/aromatic N) is 4. The number of anilines is 1. The highest BCUT2D eigenvalue weighted by atomic mass is 16.7. The topological polar surface area (TPSA) is 102 Å². The number of methoxy groups -OCH3 is 3. The molecule has 3 aromatic rings. The molecule has 2 aliphatic rings. The molecule has 10 heteroatoms. The summed E-state index contributed by atoms with van der Waals surface area (Å²) in [6, 6.07) is 9.44. The summed E-state index contributed by atoms with van der Waals surface area (Å²) in [5, 5.41) is 15.6. The number of ether oxygens (including phenoxy) is 5. The Labute approximate surface area is 172 Å². The Morgan fingerprint density at radius 1 is 0.967 bits per heavy atom. The van der Waals surface area contributed by atoms with Gasteiger partial charge in [0, 0.05) is 11.6 Å². The van der Waals surface area contributed by atoms with Crippen molar-refractivity contribution < 1.29 is 23.7 Å². The highest BCUT2D eigenvalue weighted by Crippen LogP contribution is 2.45. The standard InChI is InChI=1S/C20H21N5O5/c1-26-16-9-18(28-3)17(27-2)7-12(16)14-8-13(21-20-22-23-24-25(14)20)11-4-5-15-19(6-11)30-10-29-15/h4-7,9,13-14H,8,10H2,1-3H3,(H,21,22,24). The first-order valence-corrected chi connectivity index (χ1v) is 9.45. The van der Waals surface area contributed by atoms with E-state index in [1.165, 1.54) is 0 Å². The molecule has 2 unspecified atom stereocenters. The molecule has 3 heterocycles. The normalized spacial score (nSPS) is 19.0. The number of benzene rings is 2. The zero-order valence-corrected chi connectivity index (χ0v) is 16.8. The lowest BCUT2D eigenvalue weighted by molar-refractivity contribution is 0.174. The van der Waals surface area contributed by atoms with Gasteiger partial charge in [0.1, 0.15) is 5.75 Å². The molecule has 10 nitrogen and oxygen atoms in total. The van der Waals surface area contributed by atoms with Crippen molar-refractivity contribution >= 4 is 5.95 Å². The average molecular weight is 411 g/mol. The van der Waals surface area contributed by atoms with Crippen LogP contribution in [0.5, 0.6) is 28.7 Å². The number of rotatable bonds is 5. The maximum absolute atomic E-state index is 5.66. The van der Waals surface area contributed by atoms with E-state index in [1.54, 1.807) is 26.0 Å². The van der Waals surface area contributed by atoms with Crippen molar-refractivity contribution in [1.29, 1.82) is 0 Å². The Bertz CT molecular complexity index is 1090. The molecule has 0 saturated heterocycles. The first kappa shape index (κ1) is 18.3. The van der Waals surface area contributed by atoms with Crippen LogP contribution in [0.1, 0.15) is 29.6 Å². The summed E-state index contributed by atoms with van der Waals surface area (Å²) >= 11 is 0. The lowest BCUT2D eigenvalue weighted by atomic mass is 9.92. The molecule has 0 spiro atoms. The predicted octanol–water partition coefficient (Wildman–Crippen LogP) is 2.57. The molecule has 1 aromatic heterocycles. The molecular formula is C20H21N5O5. The Balaban J connectivity index is 1.57. The number of fused-ring (bicyclic) bond motifs is 2. The van der Waals surface area contributed by atoms with Gasteiger partial charge in [-0.25, -0.2) is 4.68 Å². The van der Waals surface area contributed by atoms with Crippen molar-refractivity contribution in [3.05, 3.63) is 41.5 Å². The van der Waals surface area contributed by atoms with Crippen LogP contribution in [0, 0.1) is 0 Å². The number of nitrogens with one attached hydrogen (secondary N) is 1. The van der Waals surface area contributed by atoms with Crippen LogP contribution in [-0.4, -0.2) is 48.3 Å². The molecule has 0 bridgehead atoms. The van der Waals surface area contributed by atoms with Gasteiger partial charge in [-0.05, 0) is 40.6 Å². The van der Waals surface area contributed by atoms with E-state index < -0.39 is 0 Å². The Hall–Kier alpha value is -3.69. The van der Waals surface area contributed by atoms with Crippen molar-refractivity contribution in [1.82, 2.24) is 20.2 Å². The second kappa shape index (κ2) is 7.29. The summed E-state index contributed by atoms with van der Waals surface area (Å²) < 4.78 is 29.3. The van der Waals surface area contributed by atoms with Gasteiger partial charge >= 0.3 is 0 Å². The molecule has 1 N–H and O–H groups in total. The van der Waals surface area contributed by atoms with Crippen LogP contribution in [0.2, 0.25) is 0 Å². The van der Waals surface area contributed by atoms with E-state index in [2.05, 4.69) is 20.8 Å². The van der Waals surface area contributed by atoms with Crippen molar-refractivity contribution in [2.45, 2.75) is 18.5 Å². The quantitative estimate of drug-likeness (QED) is 0.679. The predicted molar refractivity (Wildman–Crippen MR) is 106 cm³/mol. The monoisotopic (exact) mass is 411 g/mol. The van der Waals surface area contributed by atoms with E-state index in [0.717, 1.165) is 22.6 Å². The van der Waals surface area contributed by atoms with E-state index in [-0.39, 0.29) is 18.9 Å². The van der Waals surface area contributed by atoms with Crippen molar-refractivity contribution in [2.24, 2.45) is 0 Å². The summed E-state index contributed by atoms with van der Waals surface area (Å²) in [6.45, 7) is 0.237. The fourth-order valence-electron chi connectivity index (χ4n) is 3.96. The minimum Gasteiger partial charge on any atom is -0.496 e. The van der Waals surface area contributed by atoms with Gasteiger partial charge in [-0.3, -0.25) is 0 Å². The molecule has 5 rings (SSSR count). The molecule has 2 atom stereocenters. The van der Waals surface area contributed by atoms with Crippen molar-refractivity contribution in [3.8, 4) is 28.7 Å². The molecule has 156 valence electrons. The summed E-state index contributed by atoms with van der Waals surface area (Å²) in [7, 11) is 4.83. The lowest BCUT2D eigenvalue weighted by Crippen LogP contribution is -2.28. The zero-order valence-electron chi connectivity index (χ0n) is 16.8. The molecule has 0 aliphatic carbocycles. The summed E-state index contributed by atoms with van der Waals surface area (Å²) in [4.78, 5) is 0. The number of aromatic nitrogens is 4. The maximum atomic E-state index is 5.66. The first-order valence-electron chi connectivity index (χ1n) is 9.45. The van der Waals surface area contributed by atoms with Gasteiger partial charge in [-0.2, -0.15) is 0 Å². The van der Waals surface area contributed by atoms with E-state index in [4.69, 9.17) is 23.7 Å². The third-order valence-corrected chi connectivity index (χ3v) is 5.44. The first-order chi connectivity index (χ1) is 14.7. The molecule has 0 amide bonds. The van der Waals surface area contributed by atoms with Crippen LogP contribution in [0.25, 0.3) is 0 Å². The highest BCUT2D eigenvalue weighted by Gasteiger charge is 2.34. The number of tetrazole rings is 1. The molecule has 2 aliphatic heterocycles. The molecule has 0 fully saturated rings. The van der Waals surface area contributed by atoms with Crippen molar-refractivity contribution in [3.63, 3.8) is 0 Å². The van der Waals surface area contributed by atoms with Gasteiger partial charge in [-0.1, -0.05) is 11.2 Å². The lowest BCUT2D eigenvalue weighted by Gasteiger charge is -2.32. The fourth-order valence-corrected chi connectivity index (χ4v) is 3.96. The van der Waals surface area contributed by atoms with Crippen LogP contribution >= 0.6 is 0 Å². The van der Waals surface area contributed by atoms with E-state index in [1.807, 2.05) is 30.3 Å². The second-order valence-electron chi connectivity index (χ2n) is 6.96. The largest absolute Gasteiger partial charge is 0.496 e. The van der Waals surface area contributed by atoms with E-state index in [0.29, 0.717) is 29.6 Å². The number of hydrogen-bond donors (Lipinski definition) is 1. The minimum atomic E-state index is -0.179. The molecule has 0 saturated carbocycles. The van der Waals surface area contributed by atoms with E-state index in [9.17, 15) is 0 Å². The Morgan fingerprint density at radius 3 is 2.53 bits per heavy atom. The number of hydrogen-bond acceptors (Lipinski definition) is 9. The molecule has 2 aromatic carbocycles. The highest BCUT2D eigenvalue weighted by molar-refractivity contribution is 5.53.